The van der Waals surface area contributed by atoms with Gasteiger partial charge in [0.05, 0.1) is 23.2 Å². The third-order valence-electron chi connectivity index (χ3n) is 6.16. The highest BCUT2D eigenvalue weighted by atomic mass is 32.2. The number of aromatic nitrogens is 2. The molecule has 1 saturated heterocycles. The normalized spacial score (nSPS) is 17.6. The quantitative estimate of drug-likeness (QED) is 0.598. The summed E-state index contributed by atoms with van der Waals surface area (Å²) in [4.78, 5) is 13.0. The molecule has 1 amide bonds. The molecule has 1 unspecified atom stereocenters. The van der Waals surface area contributed by atoms with Crippen LogP contribution in [0.4, 0.5) is 5.69 Å². The summed E-state index contributed by atoms with van der Waals surface area (Å²) >= 11 is 0. The highest BCUT2D eigenvalue weighted by Gasteiger charge is 2.32. The molecule has 2 heterocycles. The van der Waals surface area contributed by atoms with Gasteiger partial charge < -0.3 is 5.32 Å². The van der Waals surface area contributed by atoms with Crippen LogP contribution in [0, 0.1) is 13.8 Å². The number of benzene rings is 2. The molecule has 0 spiro atoms. The van der Waals surface area contributed by atoms with Crippen LogP contribution in [0.3, 0.4) is 0 Å². The second-order valence-electron chi connectivity index (χ2n) is 8.95. The Bertz CT molecular complexity index is 1260. The number of aryl methyl sites for hydroxylation is 2. The van der Waals surface area contributed by atoms with Gasteiger partial charge in [0, 0.05) is 11.3 Å². The molecular formula is C25H29N3O3S. The Morgan fingerprint density at radius 1 is 1.06 bits per heavy atom. The van der Waals surface area contributed by atoms with E-state index in [-0.39, 0.29) is 29.1 Å². The lowest BCUT2D eigenvalue weighted by molar-refractivity contribution is 0.102. The SMILES string of the molecule is Cc1ccc(-c2cc(C(=O)Nc3ccc(C(C)C)cc3)nn2C2CCS(=O)(=O)C2)cc1C. The molecule has 32 heavy (non-hydrogen) atoms. The van der Waals surface area contributed by atoms with Gasteiger partial charge >= 0.3 is 0 Å². The van der Waals surface area contributed by atoms with E-state index in [1.807, 2.05) is 50.2 Å². The fraction of sp³-hybridized carbons (Fsp3) is 0.360. The van der Waals surface area contributed by atoms with Gasteiger partial charge in [0.2, 0.25) is 0 Å². The van der Waals surface area contributed by atoms with E-state index in [4.69, 9.17) is 0 Å². The minimum absolute atomic E-state index is 0.0459. The summed E-state index contributed by atoms with van der Waals surface area (Å²) in [6.45, 7) is 8.33. The Morgan fingerprint density at radius 2 is 1.78 bits per heavy atom. The maximum absolute atomic E-state index is 13.0. The molecule has 1 N–H and O–H groups in total. The third-order valence-corrected chi connectivity index (χ3v) is 7.91. The summed E-state index contributed by atoms with van der Waals surface area (Å²) in [7, 11) is -3.09. The van der Waals surface area contributed by atoms with Gasteiger partial charge in [0.25, 0.3) is 5.91 Å². The van der Waals surface area contributed by atoms with E-state index in [2.05, 4.69) is 30.3 Å². The second-order valence-corrected chi connectivity index (χ2v) is 11.2. The Kier molecular flexibility index (Phi) is 5.95. The lowest BCUT2D eigenvalue weighted by Crippen LogP contribution is -2.16. The minimum atomic E-state index is -3.09. The van der Waals surface area contributed by atoms with E-state index < -0.39 is 9.84 Å². The van der Waals surface area contributed by atoms with Crippen molar-refractivity contribution in [3.63, 3.8) is 0 Å². The summed E-state index contributed by atoms with van der Waals surface area (Å²) in [5.41, 5.74) is 6.16. The number of hydrogen-bond donors (Lipinski definition) is 1. The predicted molar refractivity (Wildman–Crippen MR) is 128 cm³/mol. The van der Waals surface area contributed by atoms with Crippen molar-refractivity contribution in [3.05, 3.63) is 70.9 Å². The van der Waals surface area contributed by atoms with Gasteiger partial charge in [0.1, 0.15) is 0 Å². The van der Waals surface area contributed by atoms with Gasteiger partial charge in [0.15, 0.2) is 15.5 Å². The van der Waals surface area contributed by atoms with Crippen molar-refractivity contribution in [1.29, 1.82) is 0 Å². The zero-order valence-corrected chi connectivity index (χ0v) is 19.7. The zero-order valence-electron chi connectivity index (χ0n) is 18.9. The molecule has 1 atom stereocenters. The van der Waals surface area contributed by atoms with Gasteiger partial charge in [-0.15, -0.1) is 0 Å². The number of carbonyl (C=O) groups excluding carboxylic acids is 1. The van der Waals surface area contributed by atoms with Crippen LogP contribution in [-0.4, -0.2) is 35.6 Å². The number of anilines is 1. The number of carbonyl (C=O) groups is 1. The average molecular weight is 452 g/mol. The first-order valence-electron chi connectivity index (χ1n) is 10.9. The van der Waals surface area contributed by atoms with Crippen molar-refractivity contribution < 1.29 is 13.2 Å². The molecule has 0 saturated carbocycles. The lowest BCUT2D eigenvalue weighted by Gasteiger charge is -2.14. The van der Waals surface area contributed by atoms with Crippen LogP contribution in [-0.2, 0) is 9.84 Å². The highest BCUT2D eigenvalue weighted by Crippen LogP contribution is 2.31. The molecule has 0 radical (unpaired) electrons. The maximum Gasteiger partial charge on any atom is 0.276 e. The fourth-order valence-electron chi connectivity index (χ4n) is 4.01. The van der Waals surface area contributed by atoms with Crippen LogP contribution in [0.2, 0.25) is 0 Å². The molecule has 1 aliphatic rings. The molecular weight excluding hydrogens is 422 g/mol. The van der Waals surface area contributed by atoms with E-state index in [0.717, 1.165) is 16.8 Å². The van der Waals surface area contributed by atoms with Crippen molar-refractivity contribution in [3.8, 4) is 11.3 Å². The largest absolute Gasteiger partial charge is 0.321 e. The van der Waals surface area contributed by atoms with Crippen molar-refractivity contribution in [1.82, 2.24) is 9.78 Å². The van der Waals surface area contributed by atoms with Gasteiger partial charge in [-0.25, -0.2) is 8.42 Å². The van der Waals surface area contributed by atoms with Gasteiger partial charge in [-0.1, -0.05) is 38.1 Å². The van der Waals surface area contributed by atoms with Crippen molar-refractivity contribution in [2.45, 2.75) is 46.1 Å². The Morgan fingerprint density at radius 3 is 2.38 bits per heavy atom. The number of rotatable bonds is 5. The van der Waals surface area contributed by atoms with Crippen molar-refractivity contribution in [2.24, 2.45) is 0 Å². The Labute approximate surface area is 189 Å². The highest BCUT2D eigenvalue weighted by molar-refractivity contribution is 7.91. The predicted octanol–water partition coefficient (Wildman–Crippen LogP) is 4.90. The molecule has 6 nitrogen and oxygen atoms in total. The molecule has 3 aromatic rings. The van der Waals surface area contributed by atoms with Crippen LogP contribution in [0.15, 0.2) is 48.5 Å². The first-order valence-corrected chi connectivity index (χ1v) is 12.7. The number of nitrogens with one attached hydrogen (secondary N) is 1. The minimum Gasteiger partial charge on any atom is -0.321 e. The summed E-state index contributed by atoms with van der Waals surface area (Å²) in [6, 6.07) is 15.3. The van der Waals surface area contributed by atoms with Gasteiger partial charge in [-0.2, -0.15) is 5.10 Å². The molecule has 1 aromatic heterocycles. The van der Waals surface area contributed by atoms with Crippen LogP contribution in [0.25, 0.3) is 11.3 Å². The number of hydrogen-bond acceptors (Lipinski definition) is 4. The molecule has 4 rings (SSSR count). The van der Waals surface area contributed by atoms with Crippen LogP contribution in [0.1, 0.15) is 59.4 Å². The number of sulfone groups is 1. The van der Waals surface area contributed by atoms with Crippen molar-refractivity contribution >= 4 is 21.4 Å². The zero-order chi connectivity index (χ0) is 23.0. The first kappa shape index (κ1) is 22.3. The Hall–Kier alpha value is -2.93. The van der Waals surface area contributed by atoms with Crippen LogP contribution >= 0.6 is 0 Å². The molecule has 1 fully saturated rings. The van der Waals surface area contributed by atoms with E-state index in [9.17, 15) is 13.2 Å². The maximum atomic E-state index is 13.0. The standard InChI is InChI=1S/C25H29N3O3S/c1-16(2)19-7-9-21(10-8-19)26-25(29)23-14-24(20-6-5-17(3)18(4)13-20)28(27-23)22-11-12-32(30,31)15-22/h5-10,13-14,16,22H,11-12,15H2,1-4H3,(H,26,29). The third kappa shape index (κ3) is 4.63. The van der Waals surface area contributed by atoms with E-state index in [1.165, 1.54) is 11.1 Å². The number of nitrogens with zero attached hydrogens (tertiary/aromatic N) is 2. The van der Waals surface area contributed by atoms with E-state index >= 15 is 0 Å². The first-order chi connectivity index (χ1) is 15.1. The topological polar surface area (TPSA) is 81.1 Å². The van der Waals surface area contributed by atoms with Gasteiger partial charge in [-0.05, 0) is 67.1 Å². The van der Waals surface area contributed by atoms with E-state index in [1.54, 1.807) is 10.7 Å². The molecule has 2 aromatic carbocycles. The van der Waals surface area contributed by atoms with E-state index in [0.29, 0.717) is 18.0 Å². The summed E-state index contributed by atoms with van der Waals surface area (Å²) < 4.78 is 25.9. The monoisotopic (exact) mass is 451 g/mol. The summed E-state index contributed by atoms with van der Waals surface area (Å²) in [5, 5.41) is 7.48. The van der Waals surface area contributed by atoms with Crippen molar-refractivity contribution in [2.75, 3.05) is 16.8 Å². The molecule has 168 valence electrons. The molecule has 1 aliphatic heterocycles. The molecule has 0 bridgehead atoms. The fourth-order valence-corrected chi connectivity index (χ4v) is 5.71. The number of amides is 1. The average Bonchev–Trinajstić information content (AvgIpc) is 3.34. The van der Waals surface area contributed by atoms with Gasteiger partial charge in [-0.3, -0.25) is 9.48 Å². The van der Waals surface area contributed by atoms with Crippen LogP contribution in [0.5, 0.6) is 0 Å². The lowest BCUT2D eigenvalue weighted by atomic mass is 10.0. The summed E-state index contributed by atoms with van der Waals surface area (Å²) in [6.07, 6.45) is 0.500. The van der Waals surface area contributed by atoms with Crippen LogP contribution < -0.4 is 5.32 Å². The smallest absolute Gasteiger partial charge is 0.276 e. The second kappa shape index (κ2) is 8.54. The molecule has 0 aliphatic carbocycles. The summed E-state index contributed by atoms with van der Waals surface area (Å²) in [5.74, 6) is 0.295. The molecule has 7 heteroatoms. The Balaban J connectivity index is 1.68.